The number of nitrogens with two attached hydrogens (primary N) is 1. The van der Waals surface area contributed by atoms with Crippen LogP contribution in [0, 0.1) is 6.92 Å². The van der Waals surface area contributed by atoms with E-state index in [4.69, 9.17) is 28.9 Å². The van der Waals surface area contributed by atoms with Crippen LogP contribution in [0.25, 0.3) is 0 Å². The van der Waals surface area contributed by atoms with Crippen LogP contribution < -0.4 is 11.1 Å². The van der Waals surface area contributed by atoms with Crippen molar-refractivity contribution in [2.45, 2.75) is 6.92 Å². The van der Waals surface area contributed by atoms with E-state index in [0.717, 1.165) is 4.88 Å². The van der Waals surface area contributed by atoms with Crippen molar-refractivity contribution in [3.63, 3.8) is 0 Å². The SMILES string of the molecule is Cc1cnc(NC(=O)c2cc(Cl)c(N)c(Cl)c2)s1. The largest absolute Gasteiger partial charge is 0.396 e. The van der Waals surface area contributed by atoms with Gasteiger partial charge in [-0.05, 0) is 19.1 Å². The molecule has 0 fully saturated rings. The lowest BCUT2D eigenvalue weighted by Gasteiger charge is -2.06. The molecule has 0 aliphatic rings. The first-order chi connectivity index (χ1) is 8.47. The van der Waals surface area contributed by atoms with Crippen LogP contribution in [0.5, 0.6) is 0 Å². The number of aromatic nitrogens is 1. The lowest BCUT2D eigenvalue weighted by molar-refractivity contribution is 0.102. The van der Waals surface area contributed by atoms with Gasteiger partial charge in [-0.3, -0.25) is 10.1 Å². The van der Waals surface area contributed by atoms with Gasteiger partial charge < -0.3 is 5.73 Å². The minimum Gasteiger partial charge on any atom is -0.396 e. The summed E-state index contributed by atoms with van der Waals surface area (Å²) in [5.41, 5.74) is 6.20. The molecular weight excluding hydrogens is 293 g/mol. The van der Waals surface area contributed by atoms with E-state index in [0.29, 0.717) is 10.7 Å². The van der Waals surface area contributed by atoms with Gasteiger partial charge in [-0.2, -0.15) is 0 Å². The second kappa shape index (κ2) is 5.14. The van der Waals surface area contributed by atoms with Gasteiger partial charge in [-0.15, -0.1) is 11.3 Å². The van der Waals surface area contributed by atoms with Crippen molar-refractivity contribution in [2.24, 2.45) is 0 Å². The van der Waals surface area contributed by atoms with E-state index in [2.05, 4.69) is 10.3 Å². The number of benzene rings is 1. The molecule has 0 aliphatic carbocycles. The number of carbonyl (C=O) groups excluding carboxylic acids is 1. The van der Waals surface area contributed by atoms with Gasteiger partial charge in [0.15, 0.2) is 5.13 Å². The predicted octanol–water partition coefficient (Wildman–Crippen LogP) is 3.59. The summed E-state index contributed by atoms with van der Waals surface area (Å²) in [7, 11) is 0. The minimum atomic E-state index is -0.326. The first kappa shape index (κ1) is 13.1. The molecule has 0 bridgehead atoms. The Bertz CT molecular complexity index is 589. The number of halogens is 2. The Hall–Kier alpha value is -1.30. The molecule has 18 heavy (non-hydrogen) atoms. The highest BCUT2D eigenvalue weighted by atomic mass is 35.5. The quantitative estimate of drug-likeness (QED) is 0.833. The Balaban J connectivity index is 2.24. The van der Waals surface area contributed by atoms with Crippen LogP contribution in [-0.2, 0) is 0 Å². The molecule has 0 saturated heterocycles. The predicted molar refractivity (Wildman–Crippen MR) is 75.7 cm³/mol. The summed E-state index contributed by atoms with van der Waals surface area (Å²) < 4.78 is 0. The smallest absolute Gasteiger partial charge is 0.257 e. The minimum absolute atomic E-state index is 0.253. The number of nitrogens with one attached hydrogen (secondary N) is 1. The van der Waals surface area contributed by atoms with Crippen molar-refractivity contribution >= 4 is 51.3 Å². The molecule has 3 N–H and O–H groups in total. The molecule has 1 heterocycles. The summed E-state index contributed by atoms with van der Waals surface area (Å²) in [4.78, 5) is 17.0. The van der Waals surface area contributed by atoms with Crippen LogP contribution in [0.1, 0.15) is 15.2 Å². The van der Waals surface area contributed by atoms with Gasteiger partial charge in [-0.25, -0.2) is 4.98 Å². The fourth-order valence-electron chi connectivity index (χ4n) is 1.30. The van der Waals surface area contributed by atoms with Gasteiger partial charge >= 0.3 is 0 Å². The van der Waals surface area contributed by atoms with Crippen LogP contribution >= 0.6 is 34.5 Å². The van der Waals surface area contributed by atoms with E-state index in [1.165, 1.54) is 23.5 Å². The third kappa shape index (κ3) is 2.75. The molecule has 0 aliphatic heterocycles. The zero-order valence-corrected chi connectivity index (χ0v) is 11.7. The van der Waals surface area contributed by atoms with Crippen LogP contribution in [0.4, 0.5) is 10.8 Å². The van der Waals surface area contributed by atoms with Crippen molar-refractivity contribution in [3.8, 4) is 0 Å². The Kier molecular flexibility index (Phi) is 3.75. The van der Waals surface area contributed by atoms with Crippen LogP contribution in [0.3, 0.4) is 0 Å². The number of aryl methyl sites for hydroxylation is 1. The molecule has 1 amide bonds. The van der Waals surface area contributed by atoms with Crippen molar-refractivity contribution in [3.05, 3.63) is 38.8 Å². The number of rotatable bonds is 2. The maximum atomic E-state index is 11.9. The molecule has 1 aromatic heterocycles. The standard InChI is InChI=1S/C11H9Cl2N3OS/c1-5-4-15-11(18-5)16-10(17)6-2-7(12)9(14)8(13)3-6/h2-4H,14H2,1H3,(H,15,16,17). The summed E-state index contributed by atoms with van der Waals surface area (Å²) >= 11 is 13.1. The van der Waals surface area contributed by atoms with Gasteiger partial charge in [-0.1, -0.05) is 23.2 Å². The van der Waals surface area contributed by atoms with Crippen molar-refractivity contribution in [1.82, 2.24) is 4.98 Å². The molecule has 0 atom stereocenters. The molecule has 0 radical (unpaired) electrons. The lowest BCUT2D eigenvalue weighted by atomic mass is 10.2. The number of nitrogen functional groups attached to an aromatic ring is 1. The maximum absolute atomic E-state index is 11.9. The third-order valence-electron chi connectivity index (χ3n) is 2.18. The fourth-order valence-corrected chi connectivity index (χ4v) is 2.44. The number of thiazole rings is 1. The Labute approximate surface area is 118 Å². The number of anilines is 2. The molecule has 4 nitrogen and oxygen atoms in total. The summed E-state index contributed by atoms with van der Waals surface area (Å²) in [6, 6.07) is 2.94. The third-order valence-corrected chi connectivity index (χ3v) is 3.64. The van der Waals surface area contributed by atoms with Gasteiger partial charge in [0.1, 0.15) is 0 Å². The van der Waals surface area contributed by atoms with Crippen LogP contribution in [0.15, 0.2) is 18.3 Å². The van der Waals surface area contributed by atoms with Gasteiger partial charge in [0.2, 0.25) is 0 Å². The molecule has 0 spiro atoms. The number of hydrogen-bond acceptors (Lipinski definition) is 4. The molecule has 0 saturated carbocycles. The second-order valence-electron chi connectivity index (χ2n) is 3.58. The average molecular weight is 302 g/mol. The Morgan fingerprint density at radius 3 is 2.50 bits per heavy atom. The molecule has 0 unspecified atom stereocenters. The number of nitrogens with zero attached hydrogens (tertiary/aromatic N) is 1. The highest BCUT2D eigenvalue weighted by Crippen LogP contribution is 2.29. The van der Waals surface area contributed by atoms with Crippen LogP contribution in [-0.4, -0.2) is 10.9 Å². The van der Waals surface area contributed by atoms with E-state index in [1.807, 2.05) is 6.92 Å². The van der Waals surface area contributed by atoms with Crippen molar-refractivity contribution in [1.29, 1.82) is 0 Å². The van der Waals surface area contributed by atoms with E-state index < -0.39 is 0 Å². The van der Waals surface area contributed by atoms with Gasteiger partial charge in [0.05, 0.1) is 15.7 Å². The number of amides is 1. The Morgan fingerprint density at radius 1 is 1.39 bits per heavy atom. The molecule has 2 aromatic rings. The monoisotopic (exact) mass is 301 g/mol. The second-order valence-corrected chi connectivity index (χ2v) is 5.63. The zero-order valence-electron chi connectivity index (χ0n) is 9.33. The summed E-state index contributed by atoms with van der Waals surface area (Å²) in [5.74, 6) is -0.326. The van der Waals surface area contributed by atoms with Crippen LogP contribution in [0.2, 0.25) is 10.0 Å². The van der Waals surface area contributed by atoms with E-state index in [-0.39, 0.29) is 21.6 Å². The number of carbonyl (C=O) groups is 1. The molecule has 1 aromatic carbocycles. The average Bonchev–Trinajstić information content (AvgIpc) is 2.71. The zero-order chi connectivity index (χ0) is 13.3. The van der Waals surface area contributed by atoms with E-state index >= 15 is 0 Å². The highest BCUT2D eigenvalue weighted by molar-refractivity contribution is 7.15. The van der Waals surface area contributed by atoms with E-state index in [1.54, 1.807) is 6.20 Å². The molecule has 94 valence electrons. The van der Waals surface area contributed by atoms with Gasteiger partial charge in [0, 0.05) is 16.6 Å². The summed E-state index contributed by atoms with van der Waals surface area (Å²) in [6.45, 7) is 1.91. The van der Waals surface area contributed by atoms with Gasteiger partial charge in [0.25, 0.3) is 5.91 Å². The molecule has 7 heteroatoms. The fraction of sp³-hybridized carbons (Fsp3) is 0.0909. The topological polar surface area (TPSA) is 68.0 Å². The van der Waals surface area contributed by atoms with Crippen molar-refractivity contribution in [2.75, 3.05) is 11.1 Å². The first-order valence-corrected chi connectivity index (χ1v) is 6.53. The highest BCUT2D eigenvalue weighted by Gasteiger charge is 2.12. The maximum Gasteiger partial charge on any atom is 0.257 e. The summed E-state index contributed by atoms with van der Waals surface area (Å²) in [6.07, 6.45) is 1.68. The van der Waals surface area contributed by atoms with E-state index in [9.17, 15) is 4.79 Å². The molecular formula is C11H9Cl2N3OS. The first-order valence-electron chi connectivity index (χ1n) is 4.95. The Morgan fingerprint density at radius 2 is 2.00 bits per heavy atom. The normalized spacial score (nSPS) is 10.4. The van der Waals surface area contributed by atoms with Crippen molar-refractivity contribution < 1.29 is 4.79 Å². The number of hydrogen-bond donors (Lipinski definition) is 2. The lowest BCUT2D eigenvalue weighted by Crippen LogP contribution is -2.12. The molecule has 2 rings (SSSR count). The summed E-state index contributed by atoms with van der Waals surface area (Å²) in [5, 5.41) is 3.70.